The number of halogens is 1. The number of carbonyl (C=O) groups is 1. The molecule has 0 aliphatic heterocycles. The van der Waals surface area contributed by atoms with Gasteiger partial charge in [0, 0.05) is 36.8 Å². The lowest BCUT2D eigenvalue weighted by molar-refractivity contribution is -0.124. The Bertz CT molecular complexity index is 869. The van der Waals surface area contributed by atoms with Gasteiger partial charge in [0.05, 0.1) is 0 Å². The van der Waals surface area contributed by atoms with Gasteiger partial charge in [-0.15, -0.1) is 0 Å². The smallest absolute Gasteiger partial charge is 0.267 e. The maximum absolute atomic E-state index is 11.2. The Morgan fingerprint density at radius 2 is 2.07 bits per heavy atom. The number of hydroxylamine groups is 1. The summed E-state index contributed by atoms with van der Waals surface area (Å²) in [5.74, 6) is -0.543. The summed E-state index contributed by atoms with van der Waals surface area (Å²) in [6.07, 6.45) is 6.63. The fourth-order valence-corrected chi connectivity index (χ4v) is 4.20. The summed E-state index contributed by atoms with van der Waals surface area (Å²) >= 11 is 6.32. The lowest BCUT2D eigenvalue weighted by atomic mass is 10.0. The van der Waals surface area contributed by atoms with Crippen LogP contribution in [0.25, 0.3) is 6.08 Å². The summed E-state index contributed by atoms with van der Waals surface area (Å²) in [7, 11) is 0. The highest BCUT2D eigenvalue weighted by Gasteiger charge is 2.27. The van der Waals surface area contributed by atoms with E-state index in [0.29, 0.717) is 6.04 Å². The molecule has 3 N–H and O–H groups in total. The molecule has 3 rings (SSSR count). The first kappa shape index (κ1) is 21.5. The van der Waals surface area contributed by atoms with Crippen molar-refractivity contribution in [3.05, 3.63) is 75.8 Å². The molecule has 2 aromatic rings. The molecule has 1 aliphatic carbocycles. The zero-order chi connectivity index (χ0) is 20.6. The first-order valence-corrected chi connectivity index (χ1v) is 10.3. The van der Waals surface area contributed by atoms with Crippen molar-refractivity contribution in [1.29, 1.82) is 0 Å². The van der Waals surface area contributed by atoms with Gasteiger partial charge in [0.25, 0.3) is 5.91 Å². The standard InChI is InChI=1S/C23H27ClN2O3/c24-21-5-2-1-4-18(21)12-14-26(13-3-15-27)22-10-8-19-16-17(6-9-20(19)22)7-11-23(28)25-29/h1-2,4-7,9,11,16,22,27,29H,3,8,10,12-15H2,(H,25,28)/b11-7+/t22-/m0/s1. The maximum Gasteiger partial charge on any atom is 0.267 e. The summed E-state index contributed by atoms with van der Waals surface area (Å²) in [6, 6.07) is 14.5. The van der Waals surface area contributed by atoms with Crippen LogP contribution in [0.2, 0.25) is 5.02 Å². The average Bonchev–Trinajstić information content (AvgIpc) is 3.16. The second kappa shape index (κ2) is 10.6. The van der Waals surface area contributed by atoms with Crippen LogP contribution in [-0.2, 0) is 17.6 Å². The minimum atomic E-state index is -0.543. The van der Waals surface area contributed by atoms with E-state index in [2.05, 4.69) is 23.1 Å². The van der Waals surface area contributed by atoms with Crippen LogP contribution in [0, 0.1) is 0 Å². The fourth-order valence-electron chi connectivity index (χ4n) is 3.97. The molecule has 29 heavy (non-hydrogen) atoms. The van der Waals surface area contributed by atoms with Gasteiger partial charge in [-0.3, -0.25) is 14.9 Å². The summed E-state index contributed by atoms with van der Waals surface area (Å²) in [5.41, 5.74) is 6.27. The SMILES string of the molecule is O=C(/C=C/c1ccc2c(c1)CC[C@@H]2N(CCCO)CCc1ccccc1Cl)NO. The Morgan fingerprint density at radius 3 is 2.83 bits per heavy atom. The highest BCUT2D eigenvalue weighted by molar-refractivity contribution is 6.31. The Hall–Kier alpha value is -2.18. The molecule has 6 heteroatoms. The number of hydrogen-bond acceptors (Lipinski definition) is 4. The number of aliphatic hydroxyl groups excluding tert-OH is 1. The van der Waals surface area contributed by atoms with E-state index < -0.39 is 5.91 Å². The Labute approximate surface area is 176 Å². The van der Waals surface area contributed by atoms with Crippen molar-refractivity contribution < 1.29 is 15.1 Å². The van der Waals surface area contributed by atoms with Crippen molar-refractivity contribution in [1.82, 2.24) is 10.4 Å². The molecule has 0 saturated carbocycles. The number of rotatable bonds is 9. The minimum absolute atomic E-state index is 0.179. The van der Waals surface area contributed by atoms with Gasteiger partial charge < -0.3 is 5.11 Å². The topological polar surface area (TPSA) is 72.8 Å². The van der Waals surface area contributed by atoms with E-state index in [9.17, 15) is 9.90 Å². The van der Waals surface area contributed by atoms with Crippen LogP contribution in [0.1, 0.15) is 41.1 Å². The number of hydrogen-bond donors (Lipinski definition) is 3. The molecule has 1 aliphatic rings. The van der Waals surface area contributed by atoms with E-state index in [1.807, 2.05) is 24.3 Å². The average molecular weight is 415 g/mol. The van der Waals surface area contributed by atoms with Gasteiger partial charge in [-0.2, -0.15) is 0 Å². The number of fused-ring (bicyclic) bond motifs is 1. The van der Waals surface area contributed by atoms with Crippen molar-refractivity contribution in [3.63, 3.8) is 0 Å². The zero-order valence-electron chi connectivity index (χ0n) is 16.4. The minimum Gasteiger partial charge on any atom is -0.396 e. The molecule has 0 heterocycles. The van der Waals surface area contributed by atoms with Crippen molar-refractivity contribution >= 4 is 23.6 Å². The first-order valence-electron chi connectivity index (χ1n) is 9.95. The van der Waals surface area contributed by atoms with Crippen molar-refractivity contribution in [3.8, 4) is 0 Å². The molecule has 154 valence electrons. The van der Waals surface area contributed by atoms with Gasteiger partial charge in [-0.25, -0.2) is 5.48 Å². The van der Waals surface area contributed by atoms with Crippen LogP contribution in [0.15, 0.2) is 48.5 Å². The second-order valence-electron chi connectivity index (χ2n) is 7.28. The molecule has 0 unspecified atom stereocenters. The van der Waals surface area contributed by atoms with Crippen LogP contribution in [0.3, 0.4) is 0 Å². The summed E-state index contributed by atoms with van der Waals surface area (Å²) < 4.78 is 0. The van der Waals surface area contributed by atoms with E-state index >= 15 is 0 Å². The van der Waals surface area contributed by atoms with E-state index in [-0.39, 0.29) is 6.61 Å². The Balaban J connectivity index is 1.74. The number of nitrogens with one attached hydrogen (secondary N) is 1. The van der Waals surface area contributed by atoms with E-state index in [4.69, 9.17) is 16.8 Å². The largest absolute Gasteiger partial charge is 0.396 e. The highest BCUT2D eigenvalue weighted by Crippen LogP contribution is 2.36. The van der Waals surface area contributed by atoms with Crippen LogP contribution < -0.4 is 5.48 Å². The lowest BCUT2D eigenvalue weighted by Gasteiger charge is -2.30. The molecule has 0 bridgehead atoms. The molecule has 5 nitrogen and oxygen atoms in total. The summed E-state index contributed by atoms with van der Waals surface area (Å²) in [5, 5.41) is 18.7. The molecule has 0 spiro atoms. The number of carbonyl (C=O) groups excluding carboxylic acids is 1. The predicted octanol–water partition coefficient (Wildman–Crippen LogP) is 3.77. The third-order valence-electron chi connectivity index (χ3n) is 5.42. The number of aliphatic hydroxyl groups is 1. The summed E-state index contributed by atoms with van der Waals surface area (Å²) in [4.78, 5) is 13.6. The molecule has 0 radical (unpaired) electrons. The number of benzene rings is 2. The van der Waals surface area contributed by atoms with Gasteiger partial charge in [0.1, 0.15) is 0 Å². The van der Waals surface area contributed by atoms with E-state index in [0.717, 1.165) is 54.9 Å². The Morgan fingerprint density at radius 1 is 1.24 bits per heavy atom. The van der Waals surface area contributed by atoms with Crippen LogP contribution in [0.5, 0.6) is 0 Å². The molecular formula is C23H27ClN2O3. The molecule has 0 saturated heterocycles. The maximum atomic E-state index is 11.2. The van der Waals surface area contributed by atoms with Gasteiger partial charge in [-0.05, 0) is 60.1 Å². The first-order chi connectivity index (χ1) is 14.1. The van der Waals surface area contributed by atoms with Crippen molar-refractivity contribution in [2.45, 2.75) is 31.7 Å². The van der Waals surface area contributed by atoms with E-state index in [1.54, 1.807) is 11.6 Å². The number of nitrogens with zero attached hydrogens (tertiary/aromatic N) is 1. The lowest BCUT2D eigenvalue weighted by Crippen LogP contribution is -2.31. The highest BCUT2D eigenvalue weighted by atomic mass is 35.5. The van der Waals surface area contributed by atoms with Crippen molar-refractivity contribution in [2.75, 3.05) is 19.7 Å². The van der Waals surface area contributed by atoms with Gasteiger partial charge in [-0.1, -0.05) is 48.0 Å². The normalized spacial score (nSPS) is 15.8. The molecule has 0 aromatic heterocycles. The van der Waals surface area contributed by atoms with E-state index in [1.165, 1.54) is 17.2 Å². The van der Waals surface area contributed by atoms with Crippen LogP contribution >= 0.6 is 11.6 Å². The van der Waals surface area contributed by atoms with Gasteiger partial charge in [0.2, 0.25) is 0 Å². The molecular weight excluding hydrogens is 388 g/mol. The molecule has 2 aromatic carbocycles. The summed E-state index contributed by atoms with van der Waals surface area (Å²) in [6.45, 7) is 1.90. The third-order valence-corrected chi connectivity index (χ3v) is 5.79. The van der Waals surface area contributed by atoms with Crippen molar-refractivity contribution in [2.24, 2.45) is 0 Å². The quantitative estimate of drug-likeness (QED) is 0.332. The predicted molar refractivity (Wildman–Crippen MR) is 115 cm³/mol. The third kappa shape index (κ3) is 5.67. The van der Waals surface area contributed by atoms with Crippen LogP contribution in [0.4, 0.5) is 0 Å². The Kier molecular flexibility index (Phi) is 7.83. The second-order valence-corrected chi connectivity index (χ2v) is 7.68. The number of aryl methyl sites for hydroxylation is 1. The van der Waals surface area contributed by atoms with Gasteiger partial charge >= 0.3 is 0 Å². The number of amides is 1. The molecule has 1 atom stereocenters. The van der Waals surface area contributed by atoms with Crippen LogP contribution in [-0.4, -0.2) is 40.8 Å². The van der Waals surface area contributed by atoms with Gasteiger partial charge in [0.15, 0.2) is 0 Å². The molecule has 0 fully saturated rings. The monoisotopic (exact) mass is 414 g/mol. The molecule has 1 amide bonds. The zero-order valence-corrected chi connectivity index (χ0v) is 17.1. The fraction of sp³-hybridized carbons (Fsp3) is 0.348.